The summed E-state index contributed by atoms with van der Waals surface area (Å²) < 4.78 is 5.54. The van der Waals surface area contributed by atoms with Gasteiger partial charge >= 0.3 is 5.91 Å². The zero-order valence-corrected chi connectivity index (χ0v) is 11.4. The predicted molar refractivity (Wildman–Crippen MR) is 72.5 cm³/mol. The molecule has 1 amide bonds. The Hall–Kier alpha value is -1.36. The number of nitrogens with one attached hydrogen (secondary N) is 1. The second-order valence-corrected chi connectivity index (χ2v) is 5.29. The third-order valence-electron chi connectivity index (χ3n) is 3.86. The highest BCUT2D eigenvalue weighted by molar-refractivity contribution is 5.88. The van der Waals surface area contributed by atoms with E-state index in [2.05, 4.69) is 4.98 Å². The number of rotatable bonds is 2. The molecule has 0 spiro atoms. The molecule has 1 aromatic rings. The van der Waals surface area contributed by atoms with Crippen LogP contribution in [0.2, 0.25) is 0 Å². The van der Waals surface area contributed by atoms with E-state index >= 15 is 0 Å². The fourth-order valence-corrected chi connectivity index (χ4v) is 2.74. The minimum atomic E-state index is -0.467. The van der Waals surface area contributed by atoms with Crippen LogP contribution in [0.15, 0.2) is 10.6 Å². The molecule has 1 heterocycles. The predicted octanol–water partition coefficient (Wildman–Crippen LogP) is 2.89. The van der Waals surface area contributed by atoms with Gasteiger partial charge in [0.1, 0.15) is 5.76 Å². The summed E-state index contributed by atoms with van der Waals surface area (Å²) in [5, 5.41) is 0. The van der Waals surface area contributed by atoms with Gasteiger partial charge in [-0.15, -0.1) is 0 Å². The highest BCUT2D eigenvalue weighted by Gasteiger charge is 2.19. The lowest BCUT2D eigenvalue weighted by molar-refractivity contribution is 0.0916. The van der Waals surface area contributed by atoms with Gasteiger partial charge in [-0.05, 0) is 12.8 Å². The fraction of sp³-hybridized carbons (Fsp3) is 0.714. The van der Waals surface area contributed by atoms with E-state index in [1.54, 1.807) is 6.20 Å². The molecule has 0 saturated heterocycles. The molecule has 1 fully saturated rings. The molecule has 0 bridgehead atoms. The van der Waals surface area contributed by atoms with Gasteiger partial charge in [-0.1, -0.05) is 44.9 Å². The van der Waals surface area contributed by atoms with Crippen molar-refractivity contribution in [1.29, 1.82) is 0 Å². The number of carbonyl (C=O) groups is 1. The molecule has 1 aromatic heterocycles. The van der Waals surface area contributed by atoms with Crippen molar-refractivity contribution in [2.45, 2.75) is 63.7 Å². The van der Waals surface area contributed by atoms with Crippen LogP contribution in [-0.2, 0) is 0 Å². The average molecular weight is 265 g/mol. The lowest BCUT2D eigenvalue weighted by Gasteiger charge is -2.15. The van der Waals surface area contributed by atoms with Crippen LogP contribution in [0.4, 0.5) is 0 Å². The van der Waals surface area contributed by atoms with Crippen molar-refractivity contribution in [2.75, 3.05) is 0 Å². The third kappa shape index (κ3) is 4.06. The van der Waals surface area contributed by atoms with Crippen molar-refractivity contribution in [3.63, 3.8) is 0 Å². The number of aromatic nitrogens is 1. The fourth-order valence-electron chi connectivity index (χ4n) is 2.74. The summed E-state index contributed by atoms with van der Waals surface area (Å²) in [5.41, 5.74) is 2.04. The zero-order valence-electron chi connectivity index (χ0n) is 11.4. The molecular weight excluding hydrogens is 242 g/mol. The van der Waals surface area contributed by atoms with Crippen molar-refractivity contribution in [3.05, 3.63) is 17.8 Å². The van der Waals surface area contributed by atoms with Gasteiger partial charge in [-0.2, -0.15) is 0 Å². The first-order chi connectivity index (χ1) is 9.31. The number of carbonyl (C=O) groups excluding carboxylic acids is 1. The largest absolute Gasteiger partial charge is 0.437 e. The van der Waals surface area contributed by atoms with E-state index in [9.17, 15) is 4.79 Å². The van der Waals surface area contributed by atoms with E-state index in [1.165, 1.54) is 44.9 Å². The van der Waals surface area contributed by atoms with Crippen LogP contribution in [0.25, 0.3) is 0 Å². The monoisotopic (exact) mass is 265 g/mol. The molecule has 0 aromatic carbocycles. The molecule has 2 rings (SSSR count). The standard InChI is InChI=1S/C14H23N3O2/c15-17-13(18)14-16-10-12(19-14)11-8-6-4-2-1-3-5-7-9-11/h10-11H,1-9,15H2,(H,17,18). The van der Waals surface area contributed by atoms with Crippen LogP contribution < -0.4 is 11.3 Å². The van der Waals surface area contributed by atoms with E-state index in [1.807, 2.05) is 5.43 Å². The Morgan fingerprint density at radius 3 is 2.32 bits per heavy atom. The SMILES string of the molecule is NNC(=O)c1ncc(C2CCCCCCCCC2)o1. The number of nitrogens with zero attached hydrogens (tertiary/aromatic N) is 1. The summed E-state index contributed by atoms with van der Waals surface area (Å²) in [5.74, 6) is 5.90. The molecule has 3 N–H and O–H groups in total. The number of oxazole rings is 1. The smallest absolute Gasteiger partial charge is 0.320 e. The summed E-state index contributed by atoms with van der Waals surface area (Å²) in [4.78, 5) is 15.3. The van der Waals surface area contributed by atoms with Gasteiger partial charge in [-0.25, -0.2) is 10.8 Å². The highest BCUT2D eigenvalue weighted by Crippen LogP contribution is 2.30. The molecule has 0 unspecified atom stereocenters. The summed E-state index contributed by atoms with van der Waals surface area (Å²) in [7, 11) is 0. The van der Waals surface area contributed by atoms with Crippen molar-refractivity contribution >= 4 is 5.91 Å². The van der Waals surface area contributed by atoms with Gasteiger partial charge < -0.3 is 4.42 Å². The molecule has 0 atom stereocenters. The van der Waals surface area contributed by atoms with Crippen LogP contribution in [0.5, 0.6) is 0 Å². The lowest BCUT2D eigenvalue weighted by Crippen LogP contribution is -2.30. The molecule has 1 aliphatic rings. The van der Waals surface area contributed by atoms with E-state index in [-0.39, 0.29) is 5.89 Å². The Kier molecular flexibility index (Phi) is 5.39. The first kappa shape index (κ1) is 14.1. The Morgan fingerprint density at radius 2 is 1.74 bits per heavy atom. The molecular formula is C14H23N3O2. The Morgan fingerprint density at radius 1 is 1.16 bits per heavy atom. The molecule has 1 saturated carbocycles. The van der Waals surface area contributed by atoms with E-state index in [0.29, 0.717) is 5.92 Å². The zero-order chi connectivity index (χ0) is 13.5. The normalized spacial score (nSPS) is 19.0. The average Bonchev–Trinajstić information content (AvgIpc) is 2.93. The first-order valence-electron chi connectivity index (χ1n) is 7.28. The molecule has 106 valence electrons. The van der Waals surface area contributed by atoms with Crippen molar-refractivity contribution < 1.29 is 9.21 Å². The van der Waals surface area contributed by atoms with Gasteiger partial charge in [0.2, 0.25) is 0 Å². The molecule has 5 heteroatoms. The number of hydrazine groups is 1. The maximum atomic E-state index is 11.3. The molecule has 0 aliphatic heterocycles. The molecule has 0 radical (unpaired) electrons. The second-order valence-electron chi connectivity index (χ2n) is 5.29. The minimum absolute atomic E-state index is 0.0644. The van der Waals surface area contributed by atoms with Crippen LogP contribution in [0, 0.1) is 0 Å². The molecule has 19 heavy (non-hydrogen) atoms. The summed E-state index contributed by atoms with van der Waals surface area (Å²) in [6.45, 7) is 0. The highest BCUT2D eigenvalue weighted by atomic mass is 16.4. The summed E-state index contributed by atoms with van der Waals surface area (Å²) in [6.07, 6.45) is 13.0. The maximum absolute atomic E-state index is 11.3. The minimum Gasteiger partial charge on any atom is -0.437 e. The van der Waals surface area contributed by atoms with Crippen LogP contribution >= 0.6 is 0 Å². The maximum Gasteiger partial charge on any atom is 0.320 e. The second kappa shape index (κ2) is 7.28. The lowest BCUT2D eigenvalue weighted by atomic mass is 9.91. The summed E-state index contributed by atoms with van der Waals surface area (Å²) >= 11 is 0. The molecule has 5 nitrogen and oxygen atoms in total. The topological polar surface area (TPSA) is 81.1 Å². The van der Waals surface area contributed by atoms with Gasteiger partial charge in [-0.3, -0.25) is 10.2 Å². The van der Waals surface area contributed by atoms with Gasteiger partial charge in [0.25, 0.3) is 5.89 Å². The number of nitrogens with two attached hydrogens (primary N) is 1. The quantitative estimate of drug-likeness (QED) is 0.489. The van der Waals surface area contributed by atoms with E-state index in [4.69, 9.17) is 10.3 Å². The number of amides is 1. The van der Waals surface area contributed by atoms with Crippen molar-refractivity contribution in [2.24, 2.45) is 5.84 Å². The number of nitrogen functional groups attached to an aromatic ring is 1. The van der Waals surface area contributed by atoms with E-state index in [0.717, 1.165) is 18.6 Å². The van der Waals surface area contributed by atoms with Gasteiger partial charge in [0, 0.05) is 5.92 Å². The third-order valence-corrected chi connectivity index (χ3v) is 3.86. The van der Waals surface area contributed by atoms with Crippen molar-refractivity contribution in [1.82, 2.24) is 10.4 Å². The van der Waals surface area contributed by atoms with Crippen LogP contribution in [-0.4, -0.2) is 10.9 Å². The molecule has 1 aliphatic carbocycles. The Bertz CT molecular complexity index is 393. The Labute approximate surface area is 113 Å². The number of hydrogen-bond acceptors (Lipinski definition) is 4. The Balaban J connectivity index is 2.00. The van der Waals surface area contributed by atoms with Crippen LogP contribution in [0.3, 0.4) is 0 Å². The number of hydrogen-bond donors (Lipinski definition) is 2. The van der Waals surface area contributed by atoms with Crippen molar-refractivity contribution in [3.8, 4) is 0 Å². The van der Waals surface area contributed by atoms with Gasteiger partial charge in [0.05, 0.1) is 6.20 Å². The van der Waals surface area contributed by atoms with E-state index < -0.39 is 5.91 Å². The van der Waals surface area contributed by atoms with Crippen LogP contribution in [0.1, 0.15) is 80.2 Å². The summed E-state index contributed by atoms with van der Waals surface area (Å²) in [6, 6.07) is 0. The first-order valence-corrected chi connectivity index (χ1v) is 7.28. The van der Waals surface area contributed by atoms with Gasteiger partial charge in [0.15, 0.2) is 0 Å².